The fourth-order valence-corrected chi connectivity index (χ4v) is 4.89. The molecule has 0 radical (unpaired) electrons. The van der Waals surface area contributed by atoms with Crippen molar-refractivity contribution in [3.05, 3.63) is 52.3 Å². The Hall–Kier alpha value is -2.36. The maximum absolute atomic E-state index is 12.7. The van der Waals surface area contributed by atoms with E-state index in [1.807, 2.05) is 0 Å². The summed E-state index contributed by atoms with van der Waals surface area (Å²) in [6, 6.07) is 11.0. The summed E-state index contributed by atoms with van der Waals surface area (Å²) in [5.41, 5.74) is 0.656. The first-order valence-corrected chi connectivity index (χ1v) is 10.9. The minimum Gasteiger partial charge on any atom is -0.497 e. The lowest BCUT2D eigenvalue weighted by molar-refractivity contribution is -0.143. The molecule has 0 atom stereocenters. The van der Waals surface area contributed by atoms with E-state index in [4.69, 9.17) is 21.1 Å². The SMILES string of the molecule is CCOC(=O)Cn1/c(=N/S(=O)(=O)c2ccc(Cl)cc2)sc2cc(OC)ccc21. The molecule has 0 bridgehead atoms. The zero-order valence-electron chi connectivity index (χ0n) is 15.1. The number of methoxy groups -OCH3 is 1. The molecule has 0 aliphatic carbocycles. The van der Waals surface area contributed by atoms with Gasteiger partial charge < -0.3 is 14.0 Å². The third-order valence-corrected chi connectivity index (χ3v) is 6.48. The van der Waals surface area contributed by atoms with Crippen LogP contribution in [0.4, 0.5) is 0 Å². The molecule has 0 unspecified atom stereocenters. The van der Waals surface area contributed by atoms with Gasteiger partial charge >= 0.3 is 5.97 Å². The van der Waals surface area contributed by atoms with Crippen LogP contribution in [0.5, 0.6) is 5.75 Å². The van der Waals surface area contributed by atoms with E-state index < -0.39 is 16.0 Å². The van der Waals surface area contributed by atoms with E-state index in [1.54, 1.807) is 25.1 Å². The van der Waals surface area contributed by atoms with Gasteiger partial charge in [-0.1, -0.05) is 22.9 Å². The molecule has 3 rings (SSSR count). The molecule has 0 saturated carbocycles. The molecule has 7 nitrogen and oxygen atoms in total. The number of aromatic nitrogens is 1. The quantitative estimate of drug-likeness (QED) is 0.549. The molecule has 0 aliphatic heterocycles. The Bertz CT molecular complexity index is 1180. The molecule has 0 N–H and O–H groups in total. The van der Waals surface area contributed by atoms with Crippen molar-refractivity contribution in [3.8, 4) is 5.75 Å². The minimum absolute atomic E-state index is 0.00891. The zero-order chi connectivity index (χ0) is 20.3. The van der Waals surface area contributed by atoms with Crippen LogP contribution in [0.2, 0.25) is 5.02 Å². The molecule has 3 aromatic rings. The fourth-order valence-electron chi connectivity index (χ4n) is 2.50. The first-order valence-electron chi connectivity index (χ1n) is 8.23. The highest BCUT2D eigenvalue weighted by Crippen LogP contribution is 2.24. The van der Waals surface area contributed by atoms with Gasteiger partial charge in [-0.2, -0.15) is 8.42 Å². The van der Waals surface area contributed by atoms with Gasteiger partial charge in [-0.15, -0.1) is 4.40 Å². The lowest BCUT2D eigenvalue weighted by Crippen LogP contribution is -2.23. The maximum atomic E-state index is 12.7. The average Bonchev–Trinajstić information content (AvgIpc) is 2.97. The summed E-state index contributed by atoms with van der Waals surface area (Å²) in [5, 5.41) is 0.422. The normalized spacial score (nSPS) is 12.3. The molecule has 10 heteroatoms. The number of thiazole rings is 1. The van der Waals surface area contributed by atoms with Crippen LogP contribution in [-0.2, 0) is 26.1 Å². The van der Waals surface area contributed by atoms with E-state index >= 15 is 0 Å². The molecule has 0 aliphatic rings. The van der Waals surface area contributed by atoms with Gasteiger partial charge in [0.25, 0.3) is 10.0 Å². The van der Waals surface area contributed by atoms with Crippen molar-refractivity contribution in [1.82, 2.24) is 4.57 Å². The number of nitrogens with zero attached hydrogens (tertiary/aromatic N) is 2. The van der Waals surface area contributed by atoms with Crippen molar-refractivity contribution >= 4 is 49.1 Å². The summed E-state index contributed by atoms with van der Waals surface area (Å²) < 4.78 is 41.9. The zero-order valence-corrected chi connectivity index (χ0v) is 17.5. The van der Waals surface area contributed by atoms with Gasteiger partial charge in [-0.05, 0) is 49.4 Å². The van der Waals surface area contributed by atoms with Gasteiger partial charge in [-0.25, -0.2) is 0 Å². The van der Waals surface area contributed by atoms with Crippen LogP contribution in [-0.4, -0.2) is 32.7 Å². The Morgan fingerprint density at radius 1 is 1.21 bits per heavy atom. The molecule has 28 heavy (non-hydrogen) atoms. The van der Waals surface area contributed by atoms with Crippen LogP contribution in [0.3, 0.4) is 0 Å². The van der Waals surface area contributed by atoms with E-state index in [0.29, 0.717) is 16.3 Å². The Labute approximate surface area is 170 Å². The number of carbonyl (C=O) groups excluding carboxylic acids is 1. The van der Waals surface area contributed by atoms with Gasteiger partial charge in [0.2, 0.25) is 4.80 Å². The number of benzene rings is 2. The molecule has 0 spiro atoms. The number of halogens is 1. The van der Waals surface area contributed by atoms with Crippen molar-refractivity contribution in [1.29, 1.82) is 0 Å². The average molecular weight is 441 g/mol. The van der Waals surface area contributed by atoms with Crippen LogP contribution < -0.4 is 9.54 Å². The highest BCUT2D eigenvalue weighted by Gasteiger charge is 2.17. The van der Waals surface area contributed by atoms with E-state index in [0.717, 1.165) is 16.0 Å². The van der Waals surface area contributed by atoms with E-state index in [1.165, 1.54) is 35.9 Å². The van der Waals surface area contributed by atoms with Crippen LogP contribution in [0.1, 0.15) is 6.92 Å². The standard InChI is InChI=1S/C18H17ClN2O5S2/c1-3-26-17(22)11-21-15-9-6-13(25-2)10-16(15)27-18(21)20-28(23,24)14-7-4-12(19)5-8-14/h4-10H,3,11H2,1-2H3/b20-18-. The molecule has 1 heterocycles. The first-order chi connectivity index (χ1) is 13.3. The van der Waals surface area contributed by atoms with Crippen molar-refractivity contribution in [2.45, 2.75) is 18.4 Å². The minimum atomic E-state index is -3.99. The predicted molar refractivity (Wildman–Crippen MR) is 107 cm³/mol. The van der Waals surface area contributed by atoms with Crippen molar-refractivity contribution in [3.63, 3.8) is 0 Å². The van der Waals surface area contributed by atoms with Crippen molar-refractivity contribution in [2.24, 2.45) is 4.40 Å². The Kier molecular flexibility index (Phi) is 6.07. The maximum Gasteiger partial charge on any atom is 0.326 e. The van der Waals surface area contributed by atoms with Crippen molar-refractivity contribution in [2.75, 3.05) is 13.7 Å². The number of rotatable bonds is 6. The number of hydrogen-bond acceptors (Lipinski definition) is 6. The third kappa shape index (κ3) is 4.37. The Morgan fingerprint density at radius 3 is 2.57 bits per heavy atom. The van der Waals surface area contributed by atoms with Gasteiger partial charge in [0.1, 0.15) is 12.3 Å². The fraction of sp³-hybridized carbons (Fsp3) is 0.222. The molecular formula is C18H17ClN2O5S2. The van der Waals surface area contributed by atoms with Crippen LogP contribution >= 0.6 is 22.9 Å². The lowest BCUT2D eigenvalue weighted by atomic mass is 10.3. The second-order valence-corrected chi connectivity index (χ2v) is 8.68. The predicted octanol–water partition coefficient (Wildman–Crippen LogP) is 3.22. The molecule has 0 amide bonds. The molecule has 0 saturated heterocycles. The van der Waals surface area contributed by atoms with E-state index in [2.05, 4.69) is 4.40 Å². The molecular weight excluding hydrogens is 424 g/mol. The second-order valence-electron chi connectivity index (χ2n) is 5.63. The summed E-state index contributed by atoms with van der Waals surface area (Å²) in [5.74, 6) is 0.132. The number of esters is 1. The molecule has 1 aromatic heterocycles. The highest BCUT2D eigenvalue weighted by atomic mass is 35.5. The monoisotopic (exact) mass is 440 g/mol. The summed E-state index contributed by atoms with van der Waals surface area (Å²) in [6.07, 6.45) is 0. The smallest absolute Gasteiger partial charge is 0.326 e. The van der Waals surface area contributed by atoms with Crippen LogP contribution in [0, 0.1) is 0 Å². The second kappa shape index (κ2) is 8.34. The van der Waals surface area contributed by atoms with Gasteiger partial charge in [0.05, 0.1) is 28.8 Å². The van der Waals surface area contributed by atoms with Crippen LogP contribution in [0.15, 0.2) is 51.8 Å². The van der Waals surface area contributed by atoms with Gasteiger partial charge in [-0.3, -0.25) is 4.79 Å². The molecule has 2 aromatic carbocycles. The summed E-state index contributed by atoms with van der Waals surface area (Å²) in [6.45, 7) is 1.77. The number of sulfonamides is 1. The first kappa shape index (κ1) is 20.4. The molecule has 148 valence electrons. The van der Waals surface area contributed by atoms with Gasteiger partial charge in [0.15, 0.2) is 0 Å². The van der Waals surface area contributed by atoms with E-state index in [-0.39, 0.29) is 22.8 Å². The Balaban J connectivity index is 2.18. The highest BCUT2D eigenvalue weighted by molar-refractivity contribution is 7.90. The van der Waals surface area contributed by atoms with E-state index in [9.17, 15) is 13.2 Å². The largest absolute Gasteiger partial charge is 0.497 e. The lowest BCUT2D eigenvalue weighted by Gasteiger charge is -2.06. The van der Waals surface area contributed by atoms with Crippen molar-refractivity contribution < 1.29 is 22.7 Å². The molecule has 0 fully saturated rings. The summed E-state index contributed by atoms with van der Waals surface area (Å²) in [4.78, 5) is 12.2. The number of hydrogen-bond donors (Lipinski definition) is 0. The summed E-state index contributed by atoms with van der Waals surface area (Å²) in [7, 11) is -2.45. The number of carbonyl (C=O) groups is 1. The Morgan fingerprint density at radius 2 is 1.93 bits per heavy atom. The summed E-state index contributed by atoms with van der Waals surface area (Å²) >= 11 is 6.97. The number of ether oxygens (including phenoxy) is 2. The van der Waals surface area contributed by atoms with Crippen LogP contribution in [0.25, 0.3) is 10.2 Å². The number of fused-ring (bicyclic) bond motifs is 1. The topological polar surface area (TPSA) is 87.0 Å². The van der Waals surface area contributed by atoms with Gasteiger partial charge in [0, 0.05) is 5.02 Å². The third-order valence-electron chi connectivity index (χ3n) is 3.79.